The fraction of sp³-hybridized carbons (Fsp3) is 0.526. The molecule has 2 N–H and O–H groups in total. The minimum absolute atomic E-state index is 0. The standard InChI is InChI=1S/C19H30N6S.HI/c1-4-16(3)23-19(20-11-13-25-15-22-24-18(25)5-2)21-12-14-26-17-9-7-6-8-10-17;/h6-10,15-16H,4-5,11-14H2,1-3H3,(H2,20,21,23);1H. The number of benzene rings is 1. The minimum atomic E-state index is 0. The van der Waals surface area contributed by atoms with Crippen molar-refractivity contribution < 1.29 is 0 Å². The molecule has 0 radical (unpaired) electrons. The van der Waals surface area contributed by atoms with Gasteiger partial charge in [-0.25, -0.2) is 0 Å². The molecular weight excluding hydrogens is 471 g/mol. The zero-order valence-corrected chi connectivity index (χ0v) is 19.5. The average Bonchev–Trinajstić information content (AvgIpc) is 3.13. The maximum atomic E-state index is 4.72. The van der Waals surface area contributed by atoms with Gasteiger partial charge in [0.05, 0.1) is 6.54 Å². The highest BCUT2D eigenvalue weighted by Gasteiger charge is 2.05. The number of halogens is 1. The lowest BCUT2D eigenvalue weighted by Gasteiger charge is -2.17. The van der Waals surface area contributed by atoms with E-state index in [-0.39, 0.29) is 24.0 Å². The third kappa shape index (κ3) is 8.96. The number of aryl methyl sites for hydroxylation is 1. The Bertz CT molecular complexity index is 661. The molecular formula is C19H31IN6S. The smallest absolute Gasteiger partial charge is 0.191 e. The maximum absolute atomic E-state index is 4.72. The molecule has 0 aliphatic heterocycles. The van der Waals surface area contributed by atoms with Gasteiger partial charge in [0.2, 0.25) is 0 Å². The van der Waals surface area contributed by atoms with Gasteiger partial charge < -0.3 is 15.2 Å². The predicted molar refractivity (Wildman–Crippen MR) is 125 cm³/mol. The Kier molecular flexibility index (Phi) is 12.2. The fourth-order valence-corrected chi connectivity index (χ4v) is 3.14. The van der Waals surface area contributed by atoms with E-state index < -0.39 is 0 Å². The third-order valence-electron chi connectivity index (χ3n) is 4.02. The van der Waals surface area contributed by atoms with Crippen LogP contribution in [0.1, 0.15) is 33.0 Å². The van der Waals surface area contributed by atoms with Crippen molar-refractivity contribution in [3.63, 3.8) is 0 Å². The van der Waals surface area contributed by atoms with Crippen LogP contribution in [0.15, 0.2) is 46.5 Å². The zero-order valence-electron chi connectivity index (χ0n) is 16.4. The second-order valence-corrected chi connectivity index (χ2v) is 7.23. The summed E-state index contributed by atoms with van der Waals surface area (Å²) >= 11 is 1.85. The van der Waals surface area contributed by atoms with Gasteiger partial charge in [0.25, 0.3) is 0 Å². The van der Waals surface area contributed by atoms with Crippen LogP contribution in [0.5, 0.6) is 0 Å². The van der Waals surface area contributed by atoms with Crippen LogP contribution in [-0.4, -0.2) is 45.6 Å². The van der Waals surface area contributed by atoms with Crippen molar-refractivity contribution in [1.29, 1.82) is 0 Å². The van der Waals surface area contributed by atoms with E-state index in [9.17, 15) is 0 Å². The summed E-state index contributed by atoms with van der Waals surface area (Å²) in [6.07, 6.45) is 3.72. The molecule has 0 saturated heterocycles. The van der Waals surface area contributed by atoms with Gasteiger partial charge in [-0.1, -0.05) is 32.0 Å². The molecule has 8 heteroatoms. The van der Waals surface area contributed by atoms with E-state index in [2.05, 4.69) is 70.4 Å². The summed E-state index contributed by atoms with van der Waals surface area (Å²) in [4.78, 5) is 6.01. The van der Waals surface area contributed by atoms with Crippen LogP contribution >= 0.6 is 35.7 Å². The van der Waals surface area contributed by atoms with Crippen molar-refractivity contribution in [2.75, 3.05) is 18.8 Å². The first-order valence-electron chi connectivity index (χ1n) is 9.32. The number of aromatic nitrogens is 3. The number of aliphatic imine (C=N–C) groups is 1. The quantitative estimate of drug-likeness (QED) is 0.171. The van der Waals surface area contributed by atoms with Gasteiger partial charge in [0, 0.05) is 36.2 Å². The van der Waals surface area contributed by atoms with Crippen LogP contribution in [0.25, 0.3) is 0 Å². The normalized spacial score (nSPS) is 12.3. The van der Waals surface area contributed by atoms with Crippen molar-refractivity contribution in [3.8, 4) is 0 Å². The van der Waals surface area contributed by atoms with E-state index in [1.807, 2.05) is 17.8 Å². The second kappa shape index (κ2) is 13.8. The number of hydrogen-bond donors (Lipinski definition) is 2. The molecule has 0 spiro atoms. The van der Waals surface area contributed by atoms with Crippen molar-refractivity contribution in [1.82, 2.24) is 25.4 Å². The Hall–Kier alpha value is -1.29. The summed E-state index contributed by atoms with van der Waals surface area (Å²) in [5.41, 5.74) is 0. The number of guanidine groups is 1. The minimum Gasteiger partial charge on any atom is -0.356 e. The number of nitrogens with zero attached hydrogens (tertiary/aromatic N) is 4. The highest BCUT2D eigenvalue weighted by atomic mass is 127. The molecule has 0 aliphatic rings. The molecule has 0 amide bonds. The van der Waals surface area contributed by atoms with E-state index >= 15 is 0 Å². The fourth-order valence-electron chi connectivity index (χ4n) is 2.35. The monoisotopic (exact) mass is 502 g/mol. The lowest BCUT2D eigenvalue weighted by Crippen LogP contribution is -2.43. The summed E-state index contributed by atoms with van der Waals surface area (Å²) in [5, 5.41) is 15.0. The Labute approximate surface area is 184 Å². The largest absolute Gasteiger partial charge is 0.356 e. The number of rotatable bonds is 10. The predicted octanol–water partition coefficient (Wildman–Crippen LogP) is 3.58. The molecule has 1 atom stereocenters. The summed E-state index contributed by atoms with van der Waals surface area (Å²) < 4.78 is 2.07. The van der Waals surface area contributed by atoms with Gasteiger partial charge in [-0.05, 0) is 25.5 Å². The van der Waals surface area contributed by atoms with Crippen molar-refractivity contribution >= 4 is 41.7 Å². The molecule has 1 aromatic heterocycles. The van der Waals surface area contributed by atoms with Crippen LogP contribution in [0.2, 0.25) is 0 Å². The molecule has 2 aromatic rings. The maximum Gasteiger partial charge on any atom is 0.191 e. The number of hydrogen-bond acceptors (Lipinski definition) is 4. The third-order valence-corrected chi connectivity index (χ3v) is 5.04. The van der Waals surface area contributed by atoms with Gasteiger partial charge in [-0.15, -0.1) is 45.9 Å². The zero-order chi connectivity index (χ0) is 18.6. The number of thioether (sulfide) groups is 1. The SMILES string of the molecule is CCc1nncn1CCN=C(NCCSc1ccccc1)NC(C)CC.I. The lowest BCUT2D eigenvalue weighted by molar-refractivity contribution is 0.617. The summed E-state index contributed by atoms with van der Waals surface area (Å²) in [6, 6.07) is 10.9. The molecule has 1 heterocycles. The molecule has 2 rings (SSSR count). The highest BCUT2D eigenvalue weighted by Crippen LogP contribution is 2.15. The van der Waals surface area contributed by atoms with Gasteiger partial charge in [-0.2, -0.15) is 0 Å². The first kappa shape index (κ1) is 23.7. The van der Waals surface area contributed by atoms with E-state index in [1.165, 1.54) is 4.90 Å². The van der Waals surface area contributed by atoms with E-state index in [4.69, 9.17) is 4.99 Å². The first-order chi connectivity index (χ1) is 12.7. The van der Waals surface area contributed by atoms with Crippen molar-refractivity contribution in [3.05, 3.63) is 42.5 Å². The molecule has 0 saturated carbocycles. The van der Waals surface area contributed by atoms with E-state index in [0.717, 1.165) is 43.5 Å². The molecule has 0 aliphatic carbocycles. The van der Waals surface area contributed by atoms with Gasteiger partial charge in [0.15, 0.2) is 5.96 Å². The molecule has 1 unspecified atom stereocenters. The topological polar surface area (TPSA) is 67.1 Å². The van der Waals surface area contributed by atoms with Crippen molar-refractivity contribution in [2.24, 2.45) is 4.99 Å². The van der Waals surface area contributed by atoms with Crippen LogP contribution < -0.4 is 10.6 Å². The van der Waals surface area contributed by atoms with Gasteiger partial charge >= 0.3 is 0 Å². The molecule has 0 fully saturated rings. The molecule has 6 nitrogen and oxygen atoms in total. The van der Waals surface area contributed by atoms with Crippen LogP contribution in [0.4, 0.5) is 0 Å². The second-order valence-electron chi connectivity index (χ2n) is 6.07. The Morgan fingerprint density at radius 3 is 2.74 bits per heavy atom. The van der Waals surface area contributed by atoms with Crippen LogP contribution in [0.3, 0.4) is 0 Å². The summed E-state index contributed by atoms with van der Waals surface area (Å²) in [5.74, 6) is 2.87. The molecule has 150 valence electrons. The van der Waals surface area contributed by atoms with E-state index in [0.29, 0.717) is 12.6 Å². The van der Waals surface area contributed by atoms with Crippen molar-refractivity contribution in [2.45, 2.75) is 51.1 Å². The summed E-state index contributed by atoms with van der Waals surface area (Å²) in [7, 11) is 0. The summed E-state index contributed by atoms with van der Waals surface area (Å²) in [6.45, 7) is 8.79. The Balaban J connectivity index is 0.00000364. The average molecular weight is 502 g/mol. The highest BCUT2D eigenvalue weighted by molar-refractivity contribution is 14.0. The first-order valence-corrected chi connectivity index (χ1v) is 10.3. The molecule has 1 aromatic carbocycles. The van der Waals surface area contributed by atoms with Gasteiger partial charge in [-0.3, -0.25) is 4.99 Å². The van der Waals surface area contributed by atoms with Gasteiger partial charge in [0.1, 0.15) is 12.2 Å². The van der Waals surface area contributed by atoms with Crippen LogP contribution in [0, 0.1) is 0 Å². The molecule has 27 heavy (non-hydrogen) atoms. The lowest BCUT2D eigenvalue weighted by atomic mass is 10.3. The van der Waals surface area contributed by atoms with Crippen LogP contribution in [-0.2, 0) is 13.0 Å². The Morgan fingerprint density at radius 2 is 2.04 bits per heavy atom. The number of nitrogens with one attached hydrogen (secondary N) is 2. The Morgan fingerprint density at radius 1 is 1.26 bits per heavy atom. The molecule has 0 bridgehead atoms. The van der Waals surface area contributed by atoms with E-state index in [1.54, 1.807) is 6.33 Å².